The maximum Gasteiger partial charge on any atom is 0.322 e. The lowest BCUT2D eigenvalue weighted by atomic mass is 10.1. The standard InChI is InChI=1S/C21H28ClFN4O4/c1-14-20(30)25(8-3-6-19(29)26-9-7-17(23)18(28)13-26)10-11-27(14)21(31)24-16-5-2-4-15(22)12-16/h2,4-5,12,14,17-18,28H,3,6-11,13H2,1H3,(H,24,31)/t14-,17-,18-/m0/s1. The van der Waals surface area contributed by atoms with Crippen molar-refractivity contribution in [1.82, 2.24) is 14.7 Å². The van der Waals surface area contributed by atoms with Gasteiger partial charge in [-0.15, -0.1) is 0 Å². The Kier molecular flexibility index (Phi) is 7.72. The average Bonchev–Trinajstić information content (AvgIpc) is 2.73. The Morgan fingerprint density at radius 2 is 2.06 bits per heavy atom. The highest BCUT2D eigenvalue weighted by Gasteiger charge is 2.34. The monoisotopic (exact) mass is 454 g/mol. The fraction of sp³-hybridized carbons (Fsp3) is 0.571. The summed E-state index contributed by atoms with van der Waals surface area (Å²) in [6.45, 7) is 3.15. The molecular formula is C21H28ClFN4O4. The summed E-state index contributed by atoms with van der Waals surface area (Å²) < 4.78 is 13.3. The van der Waals surface area contributed by atoms with Crippen molar-refractivity contribution in [2.24, 2.45) is 0 Å². The number of piperazine rings is 1. The molecule has 2 aliphatic heterocycles. The zero-order valence-corrected chi connectivity index (χ0v) is 18.2. The Hall–Kier alpha value is -2.39. The molecule has 2 fully saturated rings. The molecule has 0 bridgehead atoms. The lowest BCUT2D eigenvalue weighted by molar-refractivity contribution is -0.140. The van der Waals surface area contributed by atoms with Crippen LogP contribution in [0.1, 0.15) is 26.2 Å². The third-order valence-corrected chi connectivity index (χ3v) is 5.99. The van der Waals surface area contributed by atoms with Gasteiger partial charge in [0.15, 0.2) is 0 Å². The van der Waals surface area contributed by atoms with Crippen LogP contribution in [0.25, 0.3) is 0 Å². The minimum atomic E-state index is -1.28. The van der Waals surface area contributed by atoms with Crippen molar-refractivity contribution in [3.63, 3.8) is 0 Å². The van der Waals surface area contributed by atoms with Crippen LogP contribution in [0.3, 0.4) is 0 Å². The van der Waals surface area contributed by atoms with Gasteiger partial charge in [0, 0.05) is 49.9 Å². The number of carbonyl (C=O) groups excluding carboxylic acids is 3. The van der Waals surface area contributed by atoms with Gasteiger partial charge in [-0.05, 0) is 38.0 Å². The zero-order chi connectivity index (χ0) is 22.5. The number of hydrogen-bond acceptors (Lipinski definition) is 4. The van der Waals surface area contributed by atoms with Gasteiger partial charge in [0.1, 0.15) is 18.3 Å². The van der Waals surface area contributed by atoms with Gasteiger partial charge in [-0.25, -0.2) is 9.18 Å². The van der Waals surface area contributed by atoms with E-state index in [-0.39, 0.29) is 37.2 Å². The molecule has 0 aliphatic carbocycles. The summed E-state index contributed by atoms with van der Waals surface area (Å²) in [7, 11) is 0. The van der Waals surface area contributed by atoms with Crippen LogP contribution in [0.4, 0.5) is 14.9 Å². The molecular weight excluding hydrogens is 427 g/mol. The van der Waals surface area contributed by atoms with E-state index < -0.39 is 18.3 Å². The van der Waals surface area contributed by atoms with Gasteiger partial charge in [0.05, 0.1) is 0 Å². The normalized spacial score (nSPS) is 24.3. The van der Waals surface area contributed by atoms with E-state index in [4.69, 9.17) is 11.6 Å². The minimum Gasteiger partial charge on any atom is -0.388 e. The number of piperidine rings is 1. The number of halogens is 2. The van der Waals surface area contributed by atoms with Gasteiger partial charge in [0.25, 0.3) is 0 Å². The first-order valence-corrected chi connectivity index (χ1v) is 10.9. The van der Waals surface area contributed by atoms with Crippen molar-refractivity contribution in [3.05, 3.63) is 29.3 Å². The van der Waals surface area contributed by atoms with Crippen molar-refractivity contribution in [2.45, 2.75) is 44.5 Å². The van der Waals surface area contributed by atoms with Gasteiger partial charge in [0.2, 0.25) is 11.8 Å². The maximum absolute atomic E-state index is 13.3. The van der Waals surface area contributed by atoms with E-state index in [1.807, 2.05) is 0 Å². The number of urea groups is 1. The number of benzene rings is 1. The summed E-state index contributed by atoms with van der Waals surface area (Å²) >= 11 is 5.94. The number of aliphatic hydroxyl groups is 1. The highest BCUT2D eigenvalue weighted by molar-refractivity contribution is 6.30. The Bertz CT molecular complexity index is 826. The average molecular weight is 455 g/mol. The number of β-amino-alcohol motifs (C(OH)–C–C–N with tert-alkyl or cyclic N) is 1. The van der Waals surface area contributed by atoms with E-state index in [0.717, 1.165) is 0 Å². The first-order valence-electron chi connectivity index (χ1n) is 10.5. The highest BCUT2D eigenvalue weighted by Crippen LogP contribution is 2.19. The number of likely N-dealkylation sites (tertiary alicyclic amines) is 1. The van der Waals surface area contributed by atoms with Crippen molar-refractivity contribution in [2.75, 3.05) is 38.0 Å². The summed E-state index contributed by atoms with van der Waals surface area (Å²) in [5.74, 6) is -0.320. The summed E-state index contributed by atoms with van der Waals surface area (Å²) in [5.41, 5.74) is 0.556. The molecule has 3 atom stereocenters. The fourth-order valence-corrected chi connectivity index (χ4v) is 4.09. The number of anilines is 1. The van der Waals surface area contributed by atoms with Crippen LogP contribution >= 0.6 is 11.6 Å². The second-order valence-corrected chi connectivity index (χ2v) is 8.39. The predicted molar refractivity (Wildman–Crippen MR) is 115 cm³/mol. The predicted octanol–water partition coefficient (Wildman–Crippen LogP) is 2.12. The van der Waals surface area contributed by atoms with Crippen LogP contribution in [0.5, 0.6) is 0 Å². The number of hydrogen-bond donors (Lipinski definition) is 2. The van der Waals surface area contributed by atoms with Crippen LogP contribution in [0.2, 0.25) is 5.02 Å². The second kappa shape index (κ2) is 10.3. The minimum absolute atomic E-state index is 0.0103. The van der Waals surface area contributed by atoms with Crippen molar-refractivity contribution >= 4 is 35.1 Å². The number of aliphatic hydroxyl groups excluding tert-OH is 1. The summed E-state index contributed by atoms with van der Waals surface area (Å²) in [4.78, 5) is 42.2. The Morgan fingerprint density at radius 1 is 1.29 bits per heavy atom. The van der Waals surface area contributed by atoms with E-state index in [9.17, 15) is 23.9 Å². The van der Waals surface area contributed by atoms with E-state index in [1.54, 1.807) is 36.1 Å². The molecule has 2 heterocycles. The fourth-order valence-electron chi connectivity index (χ4n) is 3.90. The molecule has 2 N–H and O–H groups in total. The molecule has 31 heavy (non-hydrogen) atoms. The highest BCUT2D eigenvalue weighted by atomic mass is 35.5. The number of nitrogens with one attached hydrogen (secondary N) is 1. The molecule has 10 heteroatoms. The topological polar surface area (TPSA) is 93.2 Å². The first kappa shape index (κ1) is 23.3. The molecule has 2 saturated heterocycles. The first-order chi connectivity index (χ1) is 14.8. The van der Waals surface area contributed by atoms with Crippen LogP contribution in [-0.4, -0.2) is 88.7 Å². The van der Waals surface area contributed by atoms with E-state index in [2.05, 4.69) is 5.32 Å². The molecule has 8 nitrogen and oxygen atoms in total. The molecule has 3 rings (SSSR count). The number of rotatable bonds is 5. The molecule has 4 amide bonds. The maximum atomic E-state index is 13.3. The molecule has 1 aromatic rings. The van der Waals surface area contributed by atoms with Gasteiger partial charge in [-0.2, -0.15) is 0 Å². The summed E-state index contributed by atoms with van der Waals surface area (Å²) in [5, 5.41) is 12.9. The van der Waals surface area contributed by atoms with E-state index >= 15 is 0 Å². The third-order valence-electron chi connectivity index (χ3n) is 5.76. The van der Waals surface area contributed by atoms with Crippen molar-refractivity contribution in [3.8, 4) is 0 Å². The van der Waals surface area contributed by atoms with Gasteiger partial charge < -0.3 is 25.1 Å². The summed E-state index contributed by atoms with van der Waals surface area (Å²) in [6.07, 6.45) is -1.58. The van der Waals surface area contributed by atoms with Crippen LogP contribution in [0.15, 0.2) is 24.3 Å². The summed E-state index contributed by atoms with van der Waals surface area (Å²) in [6, 6.07) is 5.80. The molecule has 2 aliphatic rings. The van der Waals surface area contributed by atoms with Crippen LogP contribution < -0.4 is 5.32 Å². The molecule has 0 aromatic heterocycles. The van der Waals surface area contributed by atoms with Gasteiger partial charge >= 0.3 is 6.03 Å². The number of nitrogens with zero attached hydrogens (tertiary/aromatic N) is 3. The van der Waals surface area contributed by atoms with Crippen molar-refractivity contribution in [1.29, 1.82) is 0 Å². The Balaban J connectivity index is 1.45. The zero-order valence-electron chi connectivity index (χ0n) is 17.5. The molecule has 0 saturated carbocycles. The molecule has 1 aromatic carbocycles. The third kappa shape index (κ3) is 5.86. The lowest BCUT2D eigenvalue weighted by Gasteiger charge is -2.39. The number of amides is 4. The van der Waals surface area contributed by atoms with Gasteiger partial charge in [-0.3, -0.25) is 9.59 Å². The Morgan fingerprint density at radius 3 is 2.77 bits per heavy atom. The van der Waals surface area contributed by atoms with Crippen LogP contribution in [0, 0.1) is 0 Å². The van der Waals surface area contributed by atoms with Crippen LogP contribution in [-0.2, 0) is 9.59 Å². The smallest absolute Gasteiger partial charge is 0.322 e. The lowest BCUT2D eigenvalue weighted by Crippen LogP contribution is -2.58. The van der Waals surface area contributed by atoms with E-state index in [1.165, 1.54) is 9.80 Å². The van der Waals surface area contributed by atoms with Gasteiger partial charge in [-0.1, -0.05) is 17.7 Å². The molecule has 0 radical (unpaired) electrons. The number of carbonyl (C=O) groups is 3. The second-order valence-electron chi connectivity index (χ2n) is 7.95. The van der Waals surface area contributed by atoms with E-state index in [0.29, 0.717) is 43.3 Å². The number of alkyl halides is 1. The molecule has 0 unspecified atom stereocenters. The molecule has 170 valence electrons. The van der Waals surface area contributed by atoms with Crippen molar-refractivity contribution < 1.29 is 23.9 Å². The quantitative estimate of drug-likeness (QED) is 0.712. The molecule has 0 spiro atoms. The SMILES string of the molecule is C[C@H]1C(=O)N(CCCC(=O)N2CC[C@H](F)[C@@H](O)C2)CCN1C(=O)Nc1cccc(Cl)c1. The largest absolute Gasteiger partial charge is 0.388 e. The Labute approximate surface area is 185 Å².